The maximum atomic E-state index is 12.9. The first-order chi connectivity index (χ1) is 12.6. The van der Waals surface area contributed by atoms with E-state index in [1.54, 1.807) is 10.9 Å². The zero-order valence-electron chi connectivity index (χ0n) is 15.0. The Kier molecular flexibility index (Phi) is 4.93. The van der Waals surface area contributed by atoms with Crippen molar-refractivity contribution >= 4 is 23.5 Å². The van der Waals surface area contributed by atoms with Gasteiger partial charge in [-0.1, -0.05) is 32.1 Å². The number of thioether (sulfide) groups is 1. The SMILES string of the molecule is Cn1cc(C2SCC(=O)Nc3c2c(=O)[nH]n3C2CCCCCCC2)cn1. The zero-order valence-corrected chi connectivity index (χ0v) is 15.8. The monoisotopic (exact) mass is 375 g/mol. The first-order valence-electron chi connectivity index (χ1n) is 9.38. The number of fused-ring (bicyclic) bond motifs is 1. The number of carbonyl (C=O) groups is 1. The van der Waals surface area contributed by atoms with E-state index in [1.807, 2.05) is 17.9 Å². The summed E-state index contributed by atoms with van der Waals surface area (Å²) >= 11 is 1.48. The van der Waals surface area contributed by atoms with E-state index in [0.29, 0.717) is 17.1 Å². The molecule has 140 valence electrons. The van der Waals surface area contributed by atoms with Crippen LogP contribution in [0.3, 0.4) is 0 Å². The zero-order chi connectivity index (χ0) is 18.1. The molecule has 3 heterocycles. The lowest BCUT2D eigenvalue weighted by Crippen LogP contribution is -2.20. The molecule has 0 bridgehead atoms. The summed E-state index contributed by atoms with van der Waals surface area (Å²) < 4.78 is 3.67. The average Bonchev–Trinajstić information content (AvgIpc) is 3.07. The van der Waals surface area contributed by atoms with Crippen LogP contribution in [0.2, 0.25) is 0 Å². The van der Waals surface area contributed by atoms with Gasteiger partial charge >= 0.3 is 0 Å². The van der Waals surface area contributed by atoms with Crippen molar-refractivity contribution in [1.82, 2.24) is 19.6 Å². The molecule has 0 aromatic carbocycles. The highest BCUT2D eigenvalue weighted by Crippen LogP contribution is 2.41. The fraction of sp³-hybridized carbons (Fsp3) is 0.611. The molecule has 1 unspecified atom stereocenters. The Labute approximate surface area is 156 Å². The molecule has 2 aliphatic rings. The van der Waals surface area contributed by atoms with E-state index in [2.05, 4.69) is 15.5 Å². The molecule has 7 nitrogen and oxygen atoms in total. The number of rotatable bonds is 2. The number of carbonyl (C=O) groups excluding carboxylic acids is 1. The Morgan fingerprint density at radius 3 is 2.58 bits per heavy atom. The van der Waals surface area contributed by atoms with Gasteiger partial charge in [0.25, 0.3) is 5.56 Å². The molecule has 0 radical (unpaired) electrons. The Hall–Kier alpha value is -1.96. The van der Waals surface area contributed by atoms with Gasteiger partial charge in [0.05, 0.1) is 28.8 Å². The number of nitrogens with zero attached hydrogens (tertiary/aromatic N) is 3. The Morgan fingerprint density at radius 1 is 1.15 bits per heavy atom. The number of hydrogen-bond acceptors (Lipinski definition) is 4. The van der Waals surface area contributed by atoms with Crippen LogP contribution in [0.5, 0.6) is 0 Å². The smallest absolute Gasteiger partial charge is 0.270 e. The largest absolute Gasteiger partial charge is 0.310 e. The predicted molar refractivity (Wildman–Crippen MR) is 103 cm³/mol. The molecule has 1 aliphatic heterocycles. The van der Waals surface area contributed by atoms with Gasteiger partial charge in [0.1, 0.15) is 5.82 Å². The molecule has 4 rings (SSSR count). The fourth-order valence-corrected chi connectivity index (χ4v) is 5.14. The van der Waals surface area contributed by atoms with Crippen LogP contribution in [0.25, 0.3) is 0 Å². The third-order valence-electron chi connectivity index (χ3n) is 5.33. The van der Waals surface area contributed by atoms with Crippen LogP contribution in [0.1, 0.15) is 67.4 Å². The lowest BCUT2D eigenvalue weighted by atomic mass is 9.97. The second kappa shape index (κ2) is 7.34. The van der Waals surface area contributed by atoms with Crippen molar-refractivity contribution in [2.45, 2.75) is 56.2 Å². The van der Waals surface area contributed by atoms with Crippen LogP contribution >= 0.6 is 11.8 Å². The van der Waals surface area contributed by atoms with Gasteiger partial charge in [-0.15, -0.1) is 11.8 Å². The van der Waals surface area contributed by atoms with E-state index < -0.39 is 0 Å². The van der Waals surface area contributed by atoms with Crippen molar-refractivity contribution in [3.8, 4) is 0 Å². The van der Waals surface area contributed by atoms with E-state index in [1.165, 1.54) is 31.0 Å². The molecule has 1 atom stereocenters. The van der Waals surface area contributed by atoms with Gasteiger partial charge in [-0.3, -0.25) is 24.1 Å². The number of aromatic nitrogens is 4. The number of nitrogens with one attached hydrogen (secondary N) is 2. The predicted octanol–water partition coefficient (Wildman–Crippen LogP) is 2.97. The van der Waals surface area contributed by atoms with Crippen LogP contribution in [-0.2, 0) is 11.8 Å². The molecular formula is C18H25N5O2S. The van der Waals surface area contributed by atoms with Crippen molar-refractivity contribution in [2.24, 2.45) is 7.05 Å². The average molecular weight is 375 g/mol. The van der Waals surface area contributed by atoms with Crippen LogP contribution in [0, 0.1) is 0 Å². The molecule has 2 aromatic heterocycles. The van der Waals surface area contributed by atoms with E-state index in [9.17, 15) is 9.59 Å². The lowest BCUT2D eigenvalue weighted by molar-refractivity contribution is -0.113. The summed E-state index contributed by atoms with van der Waals surface area (Å²) in [5.41, 5.74) is 1.50. The van der Waals surface area contributed by atoms with Crippen molar-refractivity contribution in [1.29, 1.82) is 0 Å². The topological polar surface area (TPSA) is 84.7 Å². The first-order valence-corrected chi connectivity index (χ1v) is 10.4. The fourth-order valence-electron chi connectivity index (χ4n) is 4.05. The van der Waals surface area contributed by atoms with Gasteiger partial charge in [-0.05, 0) is 12.8 Å². The third-order valence-corrected chi connectivity index (χ3v) is 6.60. The van der Waals surface area contributed by atoms with Crippen molar-refractivity contribution in [2.75, 3.05) is 11.1 Å². The number of H-pyrrole nitrogens is 1. The Morgan fingerprint density at radius 2 is 1.88 bits per heavy atom. The van der Waals surface area contributed by atoms with Gasteiger partial charge < -0.3 is 5.32 Å². The van der Waals surface area contributed by atoms with E-state index in [4.69, 9.17) is 0 Å². The molecule has 26 heavy (non-hydrogen) atoms. The van der Waals surface area contributed by atoms with Crippen molar-refractivity contribution in [3.05, 3.63) is 33.9 Å². The highest BCUT2D eigenvalue weighted by molar-refractivity contribution is 8.00. The molecule has 2 N–H and O–H groups in total. The lowest BCUT2D eigenvalue weighted by Gasteiger charge is -2.23. The molecule has 1 aliphatic carbocycles. The summed E-state index contributed by atoms with van der Waals surface area (Å²) in [6, 6.07) is 0.240. The van der Waals surface area contributed by atoms with Gasteiger partial charge in [0, 0.05) is 18.8 Å². The number of anilines is 1. The number of aromatic amines is 1. The van der Waals surface area contributed by atoms with Gasteiger partial charge in [-0.2, -0.15) is 5.10 Å². The summed E-state index contributed by atoms with van der Waals surface area (Å²) in [5.74, 6) is 0.934. The van der Waals surface area contributed by atoms with E-state index in [0.717, 1.165) is 31.2 Å². The minimum Gasteiger partial charge on any atom is -0.310 e. The molecule has 0 saturated heterocycles. The number of amides is 1. The highest BCUT2D eigenvalue weighted by atomic mass is 32.2. The highest BCUT2D eigenvalue weighted by Gasteiger charge is 2.32. The number of hydrogen-bond donors (Lipinski definition) is 2. The summed E-state index contributed by atoms with van der Waals surface area (Å²) in [6.07, 6.45) is 11.9. The van der Waals surface area contributed by atoms with Gasteiger partial charge in [0.15, 0.2) is 0 Å². The van der Waals surface area contributed by atoms with Crippen LogP contribution < -0.4 is 10.9 Å². The summed E-state index contributed by atoms with van der Waals surface area (Å²) in [4.78, 5) is 25.2. The molecule has 1 amide bonds. The maximum Gasteiger partial charge on any atom is 0.270 e. The molecule has 1 saturated carbocycles. The molecule has 2 aromatic rings. The van der Waals surface area contributed by atoms with Crippen LogP contribution in [0.4, 0.5) is 5.82 Å². The minimum atomic E-state index is -0.184. The van der Waals surface area contributed by atoms with Gasteiger partial charge in [0.2, 0.25) is 5.91 Å². The Bertz CT molecular complexity index is 844. The summed E-state index contributed by atoms with van der Waals surface area (Å²) in [5, 5.41) is 10.1. The normalized spacial score (nSPS) is 22.2. The standard InChI is InChI=1S/C18H25N5O2S/c1-22-10-12(9-19-22)16-15-17(20-14(24)11-26-16)23(21-18(15)25)13-7-5-3-2-4-6-8-13/h9-10,13,16H,2-8,11H2,1H3,(H,20,24)(H,21,25). The van der Waals surface area contributed by atoms with Crippen LogP contribution in [0.15, 0.2) is 17.2 Å². The van der Waals surface area contributed by atoms with Gasteiger partial charge in [-0.25, -0.2) is 0 Å². The minimum absolute atomic E-state index is 0.0544. The number of aryl methyl sites for hydroxylation is 1. The molecule has 8 heteroatoms. The quantitative estimate of drug-likeness (QED) is 0.845. The summed E-state index contributed by atoms with van der Waals surface area (Å²) in [7, 11) is 1.86. The Balaban J connectivity index is 1.77. The second-order valence-corrected chi connectivity index (χ2v) is 8.35. The van der Waals surface area contributed by atoms with E-state index in [-0.39, 0.29) is 22.8 Å². The molecule has 0 spiro atoms. The molecule has 1 fully saturated rings. The maximum absolute atomic E-state index is 12.9. The van der Waals surface area contributed by atoms with Crippen LogP contribution in [-0.4, -0.2) is 31.2 Å². The molecular weight excluding hydrogens is 350 g/mol. The summed E-state index contributed by atoms with van der Waals surface area (Å²) in [6.45, 7) is 0. The third kappa shape index (κ3) is 3.34. The first kappa shape index (κ1) is 17.5. The van der Waals surface area contributed by atoms with Crippen molar-refractivity contribution in [3.63, 3.8) is 0 Å². The van der Waals surface area contributed by atoms with Crippen molar-refractivity contribution < 1.29 is 4.79 Å². The second-order valence-electron chi connectivity index (χ2n) is 7.26. The van der Waals surface area contributed by atoms with E-state index >= 15 is 0 Å².